The van der Waals surface area contributed by atoms with Crippen molar-refractivity contribution in [2.24, 2.45) is 5.92 Å². The summed E-state index contributed by atoms with van der Waals surface area (Å²) in [5.74, 6) is -0.877. The van der Waals surface area contributed by atoms with E-state index in [0.29, 0.717) is 6.61 Å². The van der Waals surface area contributed by atoms with E-state index < -0.39 is 18.6 Å². The minimum atomic E-state index is -3.07. The molecule has 0 heterocycles. The average molecular weight is 212 g/mol. The Bertz CT molecular complexity index is 204. The lowest BCUT2D eigenvalue weighted by molar-refractivity contribution is -0.134. The number of carboxylic acid groups (broad SMARTS) is 1. The van der Waals surface area contributed by atoms with Crippen molar-refractivity contribution in [3.8, 4) is 0 Å². The van der Waals surface area contributed by atoms with Crippen molar-refractivity contribution in [2.75, 3.05) is 12.8 Å². The van der Waals surface area contributed by atoms with Crippen LogP contribution in [0.25, 0.3) is 0 Å². The Morgan fingerprint density at radius 3 is 2.50 bits per heavy atom. The standard InChI is InChI=1S/C6H13O4PS/c1-5(2)3-10-11(9,12)4-6(7)8/h5H,3-4H2,1-2H3,(H,7,8)(H,9,12). The summed E-state index contributed by atoms with van der Waals surface area (Å²) >= 11 is 4.60. The highest BCUT2D eigenvalue weighted by Crippen LogP contribution is 2.42. The van der Waals surface area contributed by atoms with E-state index in [1.54, 1.807) is 0 Å². The molecule has 0 saturated heterocycles. The van der Waals surface area contributed by atoms with Crippen LogP contribution in [0.3, 0.4) is 0 Å². The van der Waals surface area contributed by atoms with Crippen molar-refractivity contribution in [3.63, 3.8) is 0 Å². The van der Waals surface area contributed by atoms with Crippen LogP contribution >= 0.6 is 6.49 Å². The van der Waals surface area contributed by atoms with Gasteiger partial charge in [-0.1, -0.05) is 13.8 Å². The third-order valence-corrected chi connectivity index (χ3v) is 2.87. The Morgan fingerprint density at radius 1 is 1.67 bits per heavy atom. The van der Waals surface area contributed by atoms with E-state index in [0.717, 1.165) is 0 Å². The van der Waals surface area contributed by atoms with E-state index in [-0.39, 0.29) is 5.92 Å². The monoisotopic (exact) mass is 212 g/mol. The highest BCUT2D eigenvalue weighted by Gasteiger charge is 2.18. The molecule has 0 aliphatic carbocycles. The lowest BCUT2D eigenvalue weighted by Crippen LogP contribution is -2.08. The maximum absolute atomic E-state index is 10.2. The first-order valence-corrected chi connectivity index (χ1v) is 6.37. The zero-order valence-electron chi connectivity index (χ0n) is 7.06. The molecule has 0 aliphatic rings. The molecule has 72 valence electrons. The molecular weight excluding hydrogens is 199 g/mol. The predicted octanol–water partition coefficient (Wildman–Crippen LogP) is 1.05. The molecule has 0 aliphatic heterocycles. The average Bonchev–Trinajstić information content (AvgIpc) is 1.81. The fourth-order valence-electron chi connectivity index (χ4n) is 0.482. The number of carboxylic acids is 1. The SMILES string of the molecule is CC(C)COP(O)(=S)CC(=O)O. The van der Waals surface area contributed by atoms with Crippen molar-refractivity contribution in [3.05, 3.63) is 0 Å². The van der Waals surface area contributed by atoms with E-state index in [4.69, 9.17) is 9.63 Å². The molecule has 2 N–H and O–H groups in total. The third kappa shape index (κ3) is 6.73. The fourth-order valence-corrected chi connectivity index (χ4v) is 1.96. The lowest BCUT2D eigenvalue weighted by Gasteiger charge is -2.14. The Kier molecular flexibility index (Phi) is 4.94. The van der Waals surface area contributed by atoms with Crippen LogP contribution in [0, 0.1) is 5.92 Å². The molecule has 0 spiro atoms. The number of hydrogen-bond acceptors (Lipinski definition) is 3. The zero-order chi connectivity index (χ0) is 9.78. The summed E-state index contributed by atoms with van der Waals surface area (Å²) in [6, 6.07) is 0. The number of aliphatic carboxylic acids is 1. The van der Waals surface area contributed by atoms with Gasteiger partial charge in [0.15, 0.2) is 6.49 Å². The number of hydrogen-bond donors (Lipinski definition) is 2. The van der Waals surface area contributed by atoms with Crippen LogP contribution < -0.4 is 0 Å². The highest BCUT2D eigenvalue weighted by atomic mass is 32.5. The van der Waals surface area contributed by atoms with Gasteiger partial charge in [0, 0.05) is 0 Å². The smallest absolute Gasteiger partial charge is 0.313 e. The molecule has 0 aromatic heterocycles. The first-order valence-electron chi connectivity index (χ1n) is 3.51. The van der Waals surface area contributed by atoms with Gasteiger partial charge in [0.25, 0.3) is 0 Å². The van der Waals surface area contributed by atoms with E-state index in [2.05, 4.69) is 11.8 Å². The molecular formula is C6H13O4PS. The van der Waals surface area contributed by atoms with Crippen molar-refractivity contribution in [1.29, 1.82) is 0 Å². The van der Waals surface area contributed by atoms with E-state index >= 15 is 0 Å². The molecule has 1 unspecified atom stereocenters. The summed E-state index contributed by atoms with van der Waals surface area (Å²) in [5, 5.41) is 8.34. The maximum atomic E-state index is 10.2. The molecule has 0 amide bonds. The summed E-state index contributed by atoms with van der Waals surface area (Å²) in [4.78, 5) is 19.4. The third-order valence-electron chi connectivity index (χ3n) is 0.945. The van der Waals surface area contributed by atoms with E-state index in [9.17, 15) is 9.69 Å². The van der Waals surface area contributed by atoms with Crippen LogP contribution in [0.15, 0.2) is 0 Å². The topological polar surface area (TPSA) is 66.8 Å². The summed E-state index contributed by atoms with van der Waals surface area (Å²) < 4.78 is 4.90. The van der Waals surface area contributed by atoms with Gasteiger partial charge in [-0.05, 0) is 17.7 Å². The Morgan fingerprint density at radius 2 is 2.17 bits per heavy atom. The Labute approximate surface area is 76.7 Å². The first-order chi connectivity index (χ1) is 5.33. The van der Waals surface area contributed by atoms with Gasteiger partial charge in [0.2, 0.25) is 0 Å². The first kappa shape index (κ1) is 12.0. The van der Waals surface area contributed by atoms with Crippen LogP contribution in [0.1, 0.15) is 13.8 Å². The molecule has 4 nitrogen and oxygen atoms in total. The molecule has 0 bridgehead atoms. The van der Waals surface area contributed by atoms with Crippen LogP contribution in [0.4, 0.5) is 0 Å². The molecule has 0 rings (SSSR count). The van der Waals surface area contributed by atoms with Gasteiger partial charge in [0.1, 0.15) is 6.16 Å². The lowest BCUT2D eigenvalue weighted by atomic mass is 10.2. The molecule has 0 aromatic rings. The molecule has 12 heavy (non-hydrogen) atoms. The van der Waals surface area contributed by atoms with E-state index in [1.807, 2.05) is 13.8 Å². The molecule has 0 aromatic carbocycles. The molecule has 1 atom stereocenters. The van der Waals surface area contributed by atoms with Gasteiger partial charge in [-0.3, -0.25) is 4.79 Å². The summed E-state index contributed by atoms with van der Waals surface area (Å²) in [7, 11) is 0. The number of rotatable bonds is 5. The number of carbonyl (C=O) groups is 1. The van der Waals surface area contributed by atoms with Crippen molar-refractivity contribution in [1.82, 2.24) is 0 Å². The van der Waals surface area contributed by atoms with Gasteiger partial charge in [-0.25, -0.2) is 0 Å². The van der Waals surface area contributed by atoms with Crippen molar-refractivity contribution < 1.29 is 19.3 Å². The van der Waals surface area contributed by atoms with Crippen LogP contribution in [-0.4, -0.2) is 28.7 Å². The normalized spacial score (nSPS) is 16.0. The second-order valence-electron chi connectivity index (χ2n) is 2.88. The summed E-state index contributed by atoms with van der Waals surface area (Å²) in [6.45, 7) is 1.04. The predicted molar refractivity (Wildman–Crippen MR) is 49.8 cm³/mol. The quantitative estimate of drug-likeness (QED) is 0.666. The van der Waals surface area contributed by atoms with E-state index in [1.165, 1.54) is 0 Å². The summed E-state index contributed by atoms with van der Waals surface area (Å²) in [6.07, 6.45) is -0.463. The van der Waals surface area contributed by atoms with Crippen molar-refractivity contribution in [2.45, 2.75) is 13.8 Å². The molecule has 0 saturated carbocycles. The van der Waals surface area contributed by atoms with Gasteiger partial charge in [-0.2, -0.15) is 0 Å². The highest BCUT2D eigenvalue weighted by molar-refractivity contribution is 8.09. The molecule has 6 heteroatoms. The van der Waals surface area contributed by atoms with Gasteiger partial charge < -0.3 is 14.5 Å². The van der Waals surface area contributed by atoms with Gasteiger partial charge in [0.05, 0.1) is 6.61 Å². The van der Waals surface area contributed by atoms with Gasteiger partial charge >= 0.3 is 5.97 Å². The van der Waals surface area contributed by atoms with Gasteiger partial charge in [-0.15, -0.1) is 0 Å². The largest absolute Gasteiger partial charge is 0.481 e. The Hall–Kier alpha value is 0.0400. The maximum Gasteiger partial charge on any atom is 0.313 e. The minimum Gasteiger partial charge on any atom is -0.481 e. The second-order valence-corrected chi connectivity index (χ2v) is 6.44. The fraction of sp³-hybridized carbons (Fsp3) is 0.833. The summed E-state index contributed by atoms with van der Waals surface area (Å²) in [5.41, 5.74) is 0. The van der Waals surface area contributed by atoms with Crippen LogP contribution in [0.5, 0.6) is 0 Å². The minimum absolute atomic E-state index is 0.244. The zero-order valence-corrected chi connectivity index (χ0v) is 8.77. The molecule has 0 radical (unpaired) electrons. The Balaban J connectivity index is 3.88. The second kappa shape index (κ2) is 4.92. The van der Waals surface area contributed by atoms with Crippen LogP contribution in [0.2, 0.25) is 0 Å². The molecule has 0 fully saturated rings. The van der Waals surface area contributed by atoms with Crippen molar-refractivity contribution >= 4 is 24.3 Å². The van der Waals surface area contributed by atoms with Crippen LogP contribution in [-0.2, 0) is 21.1 Å².